The molecule has 0 saturated heterocycles. The van der Waals surface area contributed by atoms with Gasteiger partial charge < -0.3 is 19.0 Å². The SMILES string of the molecule is COCCCCCCCCOc1ccc(-c2nnc(-c3ccc(C(=O)O)cc3)o2)cc1. The predicted octanol–water partition coefficient (Wildman–Crippen LogP) is 5.47. The molecule has 1 aromatic heterocycles. The number of carboxylic acids is 1. The van der Waals surface area contributed by atoms with Crippen molar-refractivity contribution in [1.82, 2.24) is 10.2 Å². The van der Waals surface area contributed by atoms with E-state index in [-0.39, 0.29) is 5.56 Å². The van der Waals surface area contributed by atoms with E-state index in [0.717, 1.165) is 30.8 Å². The number of rotatable bonds is 13. The van der Waals surface area contributed by atoms with E-state index in [1.807, 2.05) is 24.3 Å². The van der Waals surface area contributed by atoms with Gasteiger partial charge in [-0.15, -0.1) is 10.2 Å². The fraction of sp³-hybridized carbons (Fsp3) is 0.375. The van der Waals surface area contributed by atoms with Gasteiger partial charge in [0.1, 0.15) is 5.75 Å². The largest absolute Gasteiger partial charge is 0.494 e. The second kappa shape index (κ2) is 11.9. The molecule has 7 nitrogen and oxygen atoms in total. The van der Waals surface area contributed by atoms with Crippen molar-refractivity contribution in [3.63, 3.8) is 0 Å². The first-order valence-electron chi connectivity index (χ1n) is 10.6. The van der Waals surface area contributed by atoms with Gasteiger partial charge in [0.05, 0.1) is 12.2 Å². The fourth-order valence-electron chi connectivity index (χ4n) is 3.15. The van der Waals surface area contributed by atoms with Gasteiger partial charge in [0, 0.05) is 24.8 Å². The van der Waals surface area contributed by atoms with Crippen molar-refractivity contribution in [2.24, 2.45) is 0 Å². The normalized spacial score (nSPS) is 10.9. The summed E-state index contributed by atoms with van der Waals surface area (Å²) in [6.45, 7) is 1.55. The van der Waals surface area contributed by atoms with Crippen LogP contribution in [0.2, 0.25) is 0 Å². The predicted molar refractivity (Wildman–Crippen MR) is 117 cm³/mol. The maximum absolute atomic E-state index is 11.0. The highest BCUT2D eigenvalue weighted by Gasteiger charge is 2.11. The van der Waals surface area contributed by atoms with Crippen LogP contribution in [0.15, 0.2) is 52.9 Å². The molecule has 0 radical (unpaired) electrons. The molecule has 0 spiro atoms. The highest BCUT2D eigenvalue weighted by molar-refractivity contribution is 5.88. The number of carbonyl (C=O) groups is 1. The Morgan fingerprint density at radius 2 is 1.32 bits per heavy atom. The summed E-state index contributed by atoms with van der Waals surface area (Å²) in [6, 6.07) is 13.9. The van der Waals surface area contributed by atoms with Crippen molar-refractivity contribution in [3.8, 4) is 28.7 Å². The van der Waals surface area contributed by atoms with Gasteiger partial charge in [-0.2, -0.15) is 0 Å². The summed E-state index contributed by atoms with van der Waals surface area (Å²) in [5, 5.41) is 17.1. The number of benzene rings is 2. The molecule has 164 valence electrons. The number of aromatic nitrogens is 2. The summed E-state index contributed by atoms with van der Waals surface area (Å²) >= 11 is 0. The molecule has 2 aromatic carbocycles. The molecule has 0 bridgehead atoms. The number of methoxy groups -OCH3 is 1. The molecule has 0 unspecified atom stereocenters. The summed E-state index contributed by atoms with van der Waals surface area (Å²) in [7, 11) is 1.74. The first kappa shape index (κ1) is 22.5. The third-order valence-corrected chi connectivity index (χ3v) is 4.92. The summed E-state index contributed by atoms with van der Waals surface area (Å²) in [5.41, 5.74) is 1.67. The summed E-state index contributed by atoms with van der Waals surface area (Å²) < 4.78 is 16.6. The lowest BCUT2D eigenvalue weighted by atomic mass is 10.1. The monoisotopic (exact) mass is 424 g/mol. The Hall–Kier alpha value is -3.19. The van der Waals surface area contributed by atoms with Gasteiger partial charge in [-0.25, -0.2) is 4.79 Å². The Morgan fingerprint density at radius 1 is 0.806 bits per heavy atom. The zero-order valence-electron chi connectivity index (χ0n) is 17.8. The standard InChI is InChI=1S/C24H28N2O5/c1-29-16-6-4-2-3-5-7-17-30-21-14-12-19(13-15-21)23-26-25-22(31-23)18-8-10-20(11-9-18)24(27)28/h8-15H,2-7,16-17H2,1H3,(H,27,28). The van der Waals surface area contributed by atoms with Crippen LogP contribution in [0.5, 0.6) is 5.75 Å². The molecule has 31 heavy (non-hydrogen) atoms. The molecule has 0 aliphatic heterocycles. The topological polar surface area (TPSA) is 94.7 Å². The molecule has 3 aromatic rings. The molecule has 7 heteroatoms. The Bertz CT molecular complexity index is 935. The van der Waals surface area contributed by atoms with Gasteiger partial charge in [-0.3, -0.25) is 0 Å². The number of carboxylic acid groups (broad SMARTS) is 1. The van der Waals surface area contributed by atoms with Crippen LogP contribution in [0.3, 0.4) is 0 Å². The first-order chi connectivity index (χ1) is 15.2. The van der Waals surface area contributed by atoms with E-state index in [9.17, 15) is 4.79 Å². The second-order valence-corrected chi connectivity index (χ2v) is 7.28. The lowest BCUT2D eigenvalue weighted by molar-refractivity contribution is 0.0697. The quantitative estimate of drug-likeness (QED) is 0.364. The van der Waals surface area contributed by atoms with Crippen molar-refractivity contribution < 1.29 is 23.8 Å². The second-order valence-electron chi connectivity index (χ2n) is 7.28. The molecular formula is C24H28N2O5. The minimum Gasteiger partial charge on any atom is -0.494 e. The molecule has 0 atom stereocenters. The zero-order chi connectivity index (χ0) is 21.9. The Morgan fingerprint density at radius 3 is 1.87 bits per heavy atom. The Labute approximate surface area is 182 Å². The van der Waals surface area contributed by atoms with Gasteiger partial charge in [0.2, 0.25) is 11.8 Å². The number of hydrogen-bond acceptors (Lipinski definition) is 6. The number of unbranched alkanes of at least 4 members (excludes halogenated alkanes) is 5. The Kier molecular flexibility index (Phi) is 8.60. The number of nitrogens with zero attached hydrogens (tertiary/aromatic N) is 2. The third kappa shape index (κ3) is 6.93. The van der Waals surface area contributed by atoms with Gasteiger partial charge >= 0.3 is 5.97 Å². The van der Waals surface area contributed by atoms with Crippen LogP contribution < -0.4 is 4.74 Å². The molecule has 1 N–H and O–H groups in total. The van der Waals surface area contributed by atoms with Crippen LogP contribution in [-0.2, 0) is 4.74 Å². The molecule has 0 aliphatic rings. The van der Waals surface area contributed by atoms with E-state index in [2.05, 4.69) is 10.2 Å². The van der Waals surface area contributed by atoms with Gasteiger partial charge in [0.15, 0.2) is 0 Å². The average molecular weight is 424 g/mol. The fourth-order valence-corrected chi connectivity index (χ4v) is 3.15. The highest BCUT2D eigenvalue weighted by Crippen LogP contribution is 2.25. The van der Waals surface area contributed by atoms with Gasteiger partial charge in [0.25, 0.3) is 0 Å². The van der Waals surface area contributed by atoms with Gasteiger partial charge in [-0.1, -0.05) is 25.7 Å². The highest BCUT2D eigenvalue weighted by atomic mass is 16.5. The molecule has 0 fully saturated rings. The number of hydrogen-bond donors (Lipinski definition) is 1. The van der Waals surface area contributed by atoms with Crippen molar-refractivity contribution in [1.29, 1.82) is 0 Å². The van der Waals surface area contributed by atoms with E-state index < -0.39 is 5.97 Å². The third-order valence-electron chi connectivity index (χ3n) is 4.92. The molecule has 1 heterocycles. The van der Waals surface area contributed by atoms with Crippen LogP contribution in [-0.4, -0.2) is 41.6 Å². The van der Waals surface area contributed by atoms with E-state index in [1.54, 1.807) is 19.2 Å². The Balaban J connectivity index is 1.44. The van der Waals surface area contributed by atoms with Crippen molar-refractivity contribution in [3.05, 3.63) is 54.1 Å². The maximum atomic E-state index is 11.0. The molecule has 0 saturated carbocycles. The minimum absolute atomic E-state index is 0.209. The van der Waals surface area contributed by atoms with Crippen molar-refractivity contribution in [2.75, 3.05) is 20.3 Å². The van der Waals surface area contributed by atoms with Crippen LogP contribution in [0, 0.1) is 0 Å². The minimum atomic E-state index is -0.974. The summed E-state index contributed by atoms with van der Waals surface area (Å²) in [4.78, 5) is 11.0. The zero-order valence-corrected chi connectivity index (χ0v) is 17.8. The van der Waals surface area contributed by atoms with Crippen LogP contribution in [0.4, 0.5) is 0 Å². The van der Waals surface area contributed by atoms with Crippen molar-refractivity contribution >= 4 is 5.97 Å². The maximum Gasteiger partial charge on any atom is 0.335 e. The molecule has 0 aliphatic carbocycles. The molecular weight excluding hydrogens is 396 g/mol. The number of ether oxygens (including phenoxy) is 2. The van der Waals surface area contributed by atoms with Crippen LogP contribution >= 0.6 is 0 Å². The van der Waals surface area contributed by atoms with E-state index >= 15 is 0 Å². The van der Waals surface area contributed by atoms with E-state index in [1.165, 1.54) is 37.8 Å². The smallest absolute Gasteiger partial charge is 0.335 e. The van der Waals surface area contributed by atoms with Gasteiger partial charge in [-0.05, 0) is 61.4 Å². The van der Waals surface area contributed by atoms with E-state index in [0.29, 0.717) is 24.0 Å². The lowest BCUT2D eigenvalue weighted by Gasteiger charge is -2.06. The molecule has 0 amide bonds. The van der Waals surface area contributed by atoms with Crippen LogP contribution in [0.25, 0.3) is 22.9 Å². The average Bonchev–Trinajstić information content (AvgIpc) is 3.29. The van der Waals surface area contributed by atoms with Crippen molar-refractivity contribution in [2.45, 2.75) is 38.5 Å². The number of aromatic carboxylic acids is 1. The summed E-state index contributed by atoms with van der Waals surface area (Å²) in [5.74, 6) is 0.581. The lowest BCUT2D eigenvalue weighted by Crippen LogP contribution is -1.97. The van der Waals surface area contributed by atoms with Crippen LogP contribution in [0.1, 0.15) is 48.9 Å². The van der Waals surface area contributed by atoms with E-state index in [4.69, 9.17) is 19.0 Å². The summed E-state index contributed by atoms with van der Waals surface area (Å²) in [6.07, 6.45) is 7.04. The first-order valence-corrected chi connectivity index (χ1v) is 10.6. The molecule has 3 rings (SSSR count).